The summed E-state index contributed by atoms with van der Waals surface area (Å²) in [5.74, 6) is 0.675. The molecule has 0 unspecified atom stereocenters. The first-order chi connectivity index (χ1) is 9.08. The molecule has 2 aromatic rings. The summed E-state index contributed by atoms with van der Waals surface area (Å²) >= 11 is 8.71. The number of hydrogen-bond acceptors (Lipinski definition) is 3. The van der Waals surface area contributed by atoms with Gasteiger partial charge in [0.15, 0.2) is 10.4 Å². The van der Waals surface area contributed by atoms with Crippen LogP contribution in [0.2, 0.25) is 0 Å². The topological polar surface area (TPSA) is 42.8 Å². The van der Waals surface area contributed by atoms with Gasteiger partial charge in [-0.05, 0) is 46.6 Å². The Bertz CT molecular complexity index is 605. The highest BCUT2D eigenvalue weighted by Crippen LogP contribution is 2.16. The summed E-state index contributed by atoms with van der Waals surface area (Å²) in [6.07, 6.45) is 2.87. The van der Waals surface area contributed by atoms with Gasteiger partial charge in [0.2, 0.25) is 0 Å². The summed E-state index contributed by atoms with van der Waals surface area (Å²) < 4.78 is 9.24. The number of nitrogens with zero attached hydrogens (tertiary/aromatic N) is 2. The van der Waals surface area contributed by atoms with E-state index < -0.39 is 0 Å². The number of hydrogen-bond donors (Lipinski definition) is 1. The van der Waals surface area contributed by atoms with Crippen LogP contribution in [-0.4, -0.2) is 27.7 Å². The van der Waals surface area contributed by atoms with Crippen molar-refractivity contribution in [3.63, 3.8) is 0 Å². The SMILES string of the molecule is CC(C)CCOCCn1c(=S)[nH]c2cc(Br)cnc21. The molecule has 4 nitrogen and oxygen atoms in total. The van der Waals surface area contributed by atoms with Crippen LogP contribution >= 0.6 is 28.1 Å². The number of imidazole rings is 1. The fourth-order valence-corrected chi connectivity index (χ4v) is 2.42. The van der Waals surface area contributed by atoms with Gasteiger partial charge in [0.25, 0.3) is 0 Å². The predicted molar refractivity (Wildman–Crippen MR) is 82.9 cm³/mol. The van der Waals surface area contributed by atoms with E-state index in [4.69, 9.17) is 17.0 Å². The van der Waals surface area contributed by atoms with Crippen molar-refractivity contribution in [3.05, 3.63) is 21.5 Å². The van der Waals surface area contributed by atoms with Crippen molar-refractivity contribution >= 4 is 39.3 Å². The van der Waals surface area contributed by atoms with Crippen molar-refractivity contribution in [2.75, 3.05) is 13.2 Å². The van der Waals surface area contributed by atoms with E-state index in [1.54, 1.807) is 6.20 Å². The second-order valence-corrected chi connectivity index (χ2v) is 6.20. The van der Waals surface area contributed by atoms with E-state index in [1.807, 2.05) is 10.6 Å². The Kier molecular flexibility index (Phi) is 5.13. The lowest BCUT2D eigenvalue weighted by molar-refractivity contribution is 0.116. The van der Waals surface area contributed by atoms with Gasteiger partial charge in [-0.25, -0.2) is 4.98 Å². The molecule has 0 aromatic carbocycles. The van der Waals surface area contributed by atoms with E-state index in [2.05, 4.69) is 39.7 Å². The lowest BCUT2D eigenvalue weighted by Gasteiger charge is -2.07. The van der Waals surface area contributed by atoms with Crippen molar-refractivity contribution < 1.29 is 4.74 Å². The molecular formula is C13H18BrN3OS. The summed E-state index contributed by atoms with van der Waals surface area (Å²) in [6, 6.07) is 1.98. The normalized spacial score (nSPS) is 11.6. The maximum atomic E-state index is 5.63. The second-order valence-electron chi connectivity index (χ2n) is 4.90. The number of pyridine rings is 1. The quantitative estimate of drug-likeness (QED) is 0.638. The van der Waals surface area contributed by atoms with Crippen LogP contribution in [-0.2, 0) is 11.3 Å². The molecule has 0 radical (unpaired) electrons. The number of ether oxygens (including phenoxy) is 1. The zero-order chi connectivity index (χ0) is 13.8. The van der Waals surface area contributed by atoms with Gasteiger partial charge in [-0.1, -0.05) is 13.8 Å². The molecule has 2 aromatic heterocycles. The maximum Gasteiger partial charge on any atom is 0.179 e. The molecule has 0 fully saturated rings. The number of halogens is 1. The van der Waals surface area contributed by atoms with Crippen LogP contribution < -0.4 is 0 Å². The molecule has 0 aliphatic heterocycles. The van der Waals surface area contributed by atoms with Crippen molar-refractivity contribution in [1.29, 1.82) is 0 Å². The zero-order valence-electron chi connectivity index (χ0n) is 11.1. The van der Waals surface area contributed by atoms with Gasteiger partial charge < -0.3 is 9.72 Å². The van der Waals surface area contributed by atoms with E-state index in [-0.39, 0.29) is 0 Å². The molecule has 2 heterocycles. The van der Waals surface area contributed by atoms with Crippen LogP contribution in [0.3, 0.4) is 0 Å². The van der Waals surface area contributed by atoms with Crippen LogP contribution in [0.25, 0.3) is 11.2 Å². The van der Waals surface area contributed by atoms with Crippen LogP contribution in [0.5, 0.6) is 0 Å². The molecule has 0 amide bonds. The van der Waals surface area contributed by atoms with Crippen LogP contribution in [0.4, 0.5) is 0 Å². The summed E-state index contributed by atoms with van der Waals surface area (Å²) in [6.45, 7) is 6.57. The Morgan fingerprint density at radius 3 is 3.00 bits per heavy atom. The average Bonchev–Trinajstić information content (AvgIpc) is 2.64. The minimum atomic E-state index is 0.658. The van der Waals surface area contributed by atoms with Gasteiger partial charge in [-0.15, -0.1) is 0 Å². The standard InChI is InChI=1S/C13H18BrN3OS/c1-9(2)3-5-18-6-4-17-12-11(16-13(17)19)7-10(14)8-15-12/h7-9H,3-6H2,1-2H3,(H,16,19). The molecule has 0 aliphatic carbocycles. The summed E-state index contributed by atoms with van der Waals surface area (Å²) in [7, 11) is 0. The first kappa shape index (κ1) is 14.7. The summed E-state index contributed by atoms with van der Waals surface area (Å²) in [4.78, 5) is 7.55. The smallest absolute Gasteiger partial charge is 0.179 e. The maximum absolute atomic E-state index is 5.63. The van der Waals surface area contributed by atoms with Gasteiger partial charge >= 0.3 is 0 Å². The Hall–Kier alpha value is -0.720. The van der Waals surface area contributed by atoms with Crippen LogP contribution in [0, 0.1) is 10.7 Å². The largest absolute Gasteiger partial charge is 0.380 e. The molecule has 0 saturated carbocycles. The van der Waals surface area contributed by atoms with E-state index in [0.29, 0.717) is 17.3 Å². The molecule has 104 valence electrons. The van der Waals surface area contributed by atoms with Crippen LogP contribution in [0.15, 0.2) is 16.7 Å². The summed E-state index contributed by atoms with van der Waals surface area (Å²) in [5, 5.41) is 0. The molecule has 0 atom stereocenters. The first-order valence-corrected chi connectivity index (χ1v) is 7.60. The Morgan fingerprint density at radius 2 is 2.26 bits per heavy atom. The third kappa shape index (κ3) is 3.87. The molecule has 6 heteroatoms. The van der Waals surface area contributed by atoms with E-state index in [0.717, 1.165) is 35.2 Å². The fourth-order valence-electron chi connectivity index (χ4n) is 1.80. The van der Waals surface area contributed by atoms with E-state index in [9.17, 15) is 0 Å². The molecule has 0 saturated heterocycles. The molecule has 0 aliphatic rings. The number of aromatic amines is 1. The highest BCUT2D eigenvalue weighted by atomic mass is 79.9. The molecule has 0 spiro atoms. The molecular weight excluding hydrogens is 326 g/mol. The minimum absolute atomic E-state index is 0.658. The highest BCUT2D eigenvalue weighted by Gasteiger charge is 2.06. The van der Waals surface area contributed by atoms with Gasteiger partial charge in [0, 0.05) is 17.3 Å². The summed E-state index contributed by atoms with van der Waals surface area (Å²) in [5.41, 5.74) is 1.82. The Balaban J connectivity index is 2.00. The number of rotatable bonds is 6. The van der Waals surface area contributed by atoms with Crippen molar-refractivity contribution in [2.24, 2.45) is 5.92 Å². The van der Waals surface area contributed by atoms with Crippen molar-refractivity contribution in [2.45, 2.75) is 26.8 Å². The number of nitrogens with one attached hydrogen (secondary N) is 1. The number of H-pyrrole nitrogens is 1. The predicted octanol–water partition coefficient (Wildman–Crippen LogP) is 3.92. The van der Waals surface area contributed by atoms with Gasteiger partial charge in [-0.2, -0.15) is 0 Å². The molecule has 1 N–H and O–H groups in total. The van der Waals surface area contributed by atoms with Gasteiger partial charge in [-0.3, -0.25) is 4.57 Å². The van der Waals surface area contributed by atoms with E-state index in [1.165, 1.54) is 0 Å². The van der Waals surface area contributed by atoms with Crippen molar-refractivity contribution in [3.8, 4) is 0 Å². The third-order valence-electron chi connectivity index (χ3n) is 2.87. The molecule has 0 bridgehead atoms. The lowest BCUT2D eigenvalue weighted by atomic mass is 10.1. The second kappa shape index (κ2) is 6.63. The van der Waals surface area contributed by atoms with Crippen molar-refractivity contribution in [1.82, 2.24) is 14.5 Å². The monoisotopic (exact) mass is 343 g/mol. The van der Waals surface area contributed by atoms with E-state index >= 15 is 0 Å². The highest BCUT2D eigenvalue weighted by molar-refractivity contribution is 9.10. The van der Waals surface area contributed by atoms with Gasteiger partial charge in [0.1, 0.15) is 0 Å². The first-order valence-electron chi connectivity index (χ1n) is 6.39. The zero-order valence-corrected chi connectivity index (χ0v) is 13.6. The van der Waals surface area contributed by atoms with Crippen LogP contribution in [0.1, 0.15) is 20.3 Å². The van der Waals surface area contributed by atoms with Gasteiger partial charge in [0.05, 0.1) is 18.7 Å². The fraction of sp³-hybridized carbons (Fsp3) is 0.538. The number of aromatic nitrogens is 3. The number of fused-ring (bicyclic) bond motifs is 1. The minimum Gasteiger partial charge on any atom is -0.380 e. The molecule has 19 heavy (non-hydrogen) atoms. The lowest BCUT2D eigenvalue weighted by Crippen LogP contribution is -2.08. The molecule has 2 rings (SSSR count). The average molecular weight is 344 g/mol. The Labute approximate surface area is 126 Å². The third-order valence-corrected chi connectivity index (χ3v) is 3.63. The Morgan fingerprint density at radius 1 is 1.47 bits per heavy atom.